The minimum Gasteiger partial charge on any atom is -0.369 e. The molecule has 1 aromatic rings. The SMILES string of the molecule is CCN(c1ccc(NC(=O)C2CSCCN2)cc1)C(C)C. The zero-order chi connectivity index (χ0) is 15.2. The monoisotopic (exact) mass is 307 g/mol. The van der Waals surface area contributed by atoms with Gasteiger partial charge < -0.3 is 15.5 Å². The number of amides is 1. The molecule has 0 saturated carbocycles. The van der Waals surface area contributed by atoms with Gasteiger partial charge in [-0.25, -0.2) is 0 Å². The standard InChI is InChI=1S/C16H25N3OS/c1-4-19(12(2)3)14-7-5-13(6-8-14)18-16(20)15-11-21-10-9-17-15/h5-8,12,15,17H,4,9-11H2,1-3H3,(H,18,20). The lowest BCUT2D eigenvalue weighted by atomic mass is 10.2. The normalized spacial score (nSPS) is 18.6. The summed E-state index contributed by atoms with van der Waals surface area (Å²) in [6.45, 7) is 8.41. The van der Waals surface area contributed by atoms with Crippen molar-refractivity contribution in [3.8, 4) is 0 Å². The third-order valence-corrected chi connectivity index (χ3v) is 4.73. The van der Waals surface area contributed by atoms with Crippen molar-refractivity contribution in [2.45, 2.75) is 32.9 Å². The Morgan fingerprint density at radius 1 is 1.43 bits per heavy atom. The van der Waals surface area contributed by atoms with Crippen LogP contribution in [0.5, 0.6) is 0 Å². The number of hydrogen-bond donors (Lipinski definition) is 2. The molecule has 21 heavy (non-hydrogen) atoms. The Morgan fingerprint density at radius 3 is 2.67 bits per heavy atom. The molecule has 1 fully saturated rings. The fraction of sp³-hybridized carbons (Fsp3) is 0.562. The lowest BCUT2D eigenvalue weighted by Crippen LogP contribution is -2.46. The topological polar surface area (TPSA) is 44.4 Å². The Balaban J connectivity index is 1.97. The van der Waals surface area contributed by atoms with Crippen LogP contribution >= 0.6 is 11.8 Å². The van der Waals surface area contributed by atoms with Crippen LogP contribution in [0.1, 0.15) is 20.8 Å². The number of carbonyl (C=O) groups is 1. The Hall–Kier alpha value is -1.20. The molecule has 2 rings (SSSR count). The van der Waals surface area contributed by atoms with Crippen molar-refractivity contribution in [3.63, 3.8) is 0 Å². The molecule has 1 heterocycles. The van der Waals surface area contributed by atoms with E-state index in [1.807, 2.05) is 23.9 Å². The Morgan fingerprint density at radius 2 is 2.14 bits per heavy atom. The Labute approximate surface area is 131 Å². The molecule has 0 aliphatic carbocycles. The van der Waals surface area contributed by atoms with Crippen LogP contribution in [0.2, 0.25) is 0 Å². The number of benzene rings is 1. The number of thioether (sulfide) groups is 1. The van der Waals surface area contributed by atoms with Crippen molar-refractivity contribution in [1.82, 2.24) is 5.32 Å². The van der Waals surface area contributed by atoms with Crippen molar-refractivity contribution < 1.29 is 4.79 Å². The van der Waals surface area contributed by atoms with E-state index in [0.717, 1.165) is 30.3 Å². The van der Waals surface area contributed by atoms with Gasteiger partial charge >= 0.3 is 0 Å². The number of anilines is 2. The van der Waals surface area contributed by atoms with E-state index in [0.29, 0.717) is 6.04 Å². The van der Waals surface area contributed by atoms with Gasteiger partial charge in [0.2, 0.25) is 5.91 Å². The summed E-state index contributed by atoms with van der Waals surface area (Å²) < 4.78 is 0. The highest BCUT2D eigenvalue weighted by molar-refractivity contribution is 7.99. The maximum atomic E-state index is 12.2. The molecule has 1 aromatic carbocycles. The Kier molecular flexibility index (Phi) is 5.94. The summed E-state index contributed by atoms with van der Waals surface area (Å²) in [6.07, 6.45) is 0. The predicted molar refractivity (Wildman–Crippen MR) is 92.3 cm³/mol. The largest absolute Gasteiger partial charge is 0.369 e. The highest BCUT2D eigenvalue weighted by Gasteiger charge is 2.20. The first-order valence-electron chi connectivity index (χ1n) is 7.60. The molecule has 0 spiro atoms. The van der Waals surface area contributed by atoms with E-state index in [9.17, 15) is 4.79 Å². The summed E-state index contributed by atoms with van der Waals surface area (Å²) in [5.41, 5.74) is 2.05. The van der Waals surface area contributed by atoms with Crippen molar-refractivity contribution in [2.24, 2.45) is 0 Å². The molecule has 1 unspecified atom stereocenters. The molecule has 116 valence electrons. The second kappa shape index (κ2) is 7.71. The summed E-state index contributed by atoms with van der Waals surface area (Å²) in [7, 11) is 0. The third-order valence-electron chi connectivity index (χ3n) is 3.67. The Bertz CT molecular complexity index is 455. The van der Waals surface area contributed by atoms with E-state index in [-0.39, 0.29) is 11.9 Å². The van der Waals surface area contributed by atoms with Gasteiger partial charge in [0.1, 0.15) is 0 Å². The van der Waals surface area contributed by atoms with Gasteiger partial charge in [-0.3, -0.25) is 4.79 Å². The van der Waals surface area contributed by atoms with E-state index in [4.69, 9.17) is 0 Å². The van der Waals surface area contributed by atoms with Crippen molar-refractivity contribution >= 4 is 29.0 Å². The molecule has 0 radical (unpaired) electrons. The molecule has 4 nitrogen and oxygen atoms in total. The maximum Gasteiger partial charge on any atom is 0.242 e. The van der Waals surface area contributed by atoms with Crippen LogP contribution < -0.4 is 15.5 Å². The summed E-state index contributed by atoms with van der Waals surface area (Å²) in [6, 6.07) is 8.50. The van der Waals surface area contributed by atoms with Crippen LogP contribution in [0.15, 0.2) is 24.3 Å². The van der Waals surface area contributed by atoms with Gasteiger partial charge in [-0.15, -0.1) is 0 Å². The first-order chi connectivity index (χ1) is 10.1. The van der Waals surface area contributed by atoms with E-state index in [1.54, 1.807) is 0 Å². The van der Waals surface area contributed by atoms with Gasteiger partial charge in [0.25, 0.3) is 0 Å². The van der Waals surface area contributed by atoms with E-state index >= 15 is 0 Å². The highest BCUT2D eigenvalue weighted by Crippen LogP contribution is 2.20. The van der Waals surface area contributed by atoms with Crippen LogP contribution in [0, 0.1) is 0 Å². The number of hydrogen-bond acceptors (Lipinski definition) is 4. The van der Waals surface area contributed by atoms with E-state index in [1.165, 1.54) is 5.69 Å². The lowest BCUT2D eigenvalue weighted by Gasteiger charge is -2.27. The number of nitrogens with one attached hydrogen (secondary N) is 2. The molecule has 0 aromatic heterocycles. The molecule has 1 aliphatic heterocycles. The molecule has 1 saturated heterocycles. The molecule has 0 bridgehead atoms. The van der Waals surface area contributed by atoms with Gasteiger partial charge in [-0.05, 0) is 45.0 Å². The number of rotatable bonds is 5. The first kappa shape index (κ1) is 16.2. The van der Waals surface area contributed by atoms with Crippen LogP contribution in [-0.2, 0) is 4.79 Å². The zero-order valence-electron chi connectivity index (χ0n) is 13.1. The lowest BCUT2D eigenvalue weighted by molar-refractivity contribution is -0.117. The molecular weight excluding hydrogens is 282 g/mol. The third kappa shape index (κ3) is 4.38. The quantitative estimate of drug-likeness (QED) is 0.877. The fourth-order valence-corrected chi connectivity index (χ4v) is 3.48. The van der Waals surface area contributed by atoms with Crippen LogP contribution in [0.4, 0.5) is 11.4 Å². The van der Waals surface area contributed by atoms with Crippen LogP contribution in [-0.4, -0.2) is 42.6 Å². The van der Waals surface area contributed by atoms with Crippen LogP contribution in [0.25, 0.3) is 0 Å². The summed E-state index contributed by atoms with van der Waals surface area (Å²) in [5.74, 6) is 1.99. The molecule has 1 aliphatic rings. The van der Waals surface area contributed by atoms with Gasteiger partial charge in [0, 0.05) is 42.0 Å². The molecule has 1 atom stereocenters. The van der Waals surface area contributed by atoms with Gasteiger partial charge in [-0.2, -0.15) is 11.8 Å². The number of carbonyl (C=O) groups excluding carboxylic acids is 1. The minimum absolute atomic E-state index is 0.0613. The molecule has 2 N–H and O–H groups in total. The fourth-order valence-electron chi connectivity index (χ4n) is 2.55. The van der Waals surface area contributed by atoms with Crippen LogP contribution in [0.3, 0.4) is 0 Å². The van der Waals surface area contributed by atoms with E-state index in [2.05, 4.69) is 48.4 Å². The average Bonchev–Trinajstić information content (AvgIpc) is 2.50. The maximum absolute atomic E-state index is 12.2. The van der Waals surface area contributed by atoms with Gasteiger partial charge in [0.05, 0.1) is 6.04 Å². The number of nitrogens with zero attached hydrogens (tertiary/aromatic N) is 1. The molecule has 5 heteroatoms. The summed E-state index contributed by atoms with van der Waals surface area (Å²) in [4.78, 5) is 14.5. The van der Waals surface area contributed by atoms with E-state index < -0.39 is 0 Å². The summed E-state index contributed by atoms with van der Waals surface area (Å²) in [5, 5.41) is 6.24. The average molecular weight is 307 g/mol. The highest BCUT2D eigenvalue weighted by atomic mass is 32.2. The smallest absolute Gasteiger partial charge is 0.242 e. The van der Waals surface area contributed by atoms with Gasteiger partial charge in [-0.1, -0.05) is 0 Å². The minimum atomic E-state index is -0.0776. The summed E-state index contributed by atoms with van der Waals surface area (Å²) >= 11 is 1.82. The first-order valence-corrected chi connectivity index (χ1v) is 8.76. The molecular formula is C16H25N3OS. The molecule has 1 amide bonds. The predicted octanol–water partition coefficient (Wildman–Crippen LogP) is 2.56. The van der Waals surface area contributed by atoms with Crippen molar-refractivity contribution in [3.05, 3.63) is 24.3 Å². The second-order valence-corrected chi connectivity index (χ2v) is 6.65. The van der Waals surface area contributed by atoms with Crippen molar-refractivity contribution in [2.75, 3.05) is 34.8 Å². The zero-order valence-corrected chi connectivity index (χ0v) is 13.9. The van der Waals surface area contributed by atoms with Crippen molar-refractivity contribution in [1.29, 1.82) is 0 Å². The second-order valence-electron chi connectivity index (χ2n) is 5.50. The van der Waals surface area contributed by atoms with Gasteiger partial charge in [0.15, 0.2) is 0 Å².